The molecule has 7 heteroatoms. The first kappa shape index (κ1) is 14.9. The highest BCUT2D eigenvalue weighted by atomic mass is 16.1. The first-order chi connectivity index (χ1) is 12.2. The Hall–Kier alpha value is -3.61. The molecule has 4 aromatic rings. The molecule has 0 saturated heterocycles. The molecule has 0 radical (unpaired) electrons. The van der Waals surface area contributed by atoms with Crippen LogP contribution in [0.15, 0.2) is 59.7 Å². The normalized spacial score (nSPS) is 10.9. The smallest absolute Gasteiger partial charge is 0.323 e. The maximum atomic E-state index is 12.4. The Kier molecular flexibility index (Phi) is 3.66. The highest BCUT2D eigenvalue weighted by Gasteiger charge is 2.08. The van der Waals surface area contributed by atoms with Crippen LogP contribution in [0, 0.1) is 0 Å². The van der Waals surface area contributed by atoms with Crippen molar-refractivity contribution in [3.63, 3.8) is 0 Å². The van der Waals surface area contributed by atoms with Gasteiger partial charge in [0, 0.05) is 23.9 Å². The number of hydrogen-bond acceptors (Lipinski definition) is 3. The number of imidazole rings is 1. The number of aromatic amines is 3. The number of nitrogens with one attached hydrogen (secondary N) is 4. The average Bonchev–Trinajstić information content (AvgIpc) is 3.28. The van der Waals surface area contributed by atoms with Crippen molar-refractivity contribution in [3.05, 3.63) is 76.5 Å². The van der Waals surface area contributed by atoms with E-state index in [0.29, 0.717) is 12.1 Å². The minimum absolute atomic E-state index is 0.159. The SMILES string of the molecule is O=C(NCc1ccc2[nH]c(=O)[nH]c2c1)c1cccc(-c2cn[nH]c2)c1. The lowest BCUT2D eigenvalue weighted by Crippen LogP contribution is -2.22. The molecule has 0 spiro atoms. The Morgan fingerprint density at radius 3 is 2.76 bits per heavy atom. The van der Waals surface area contributed by atoms with Crippen molar-refractivity contribution >= 4 is 16.9 Å². The summed E-state index contributed by atoms with van der Waals surface area (Å²) in [6, 6.07) is 12.9. The third kappa shape index (κ3) is 3.07. The number of hydrogen-bond donors (Lipinski definition) is 4. The maximum absolute atomic E-state index is 12.4. The molecule has 0 aliphatic heterocycles. The number of carbonyl (C=O) groups is 1. The molecular weight excluding hydrogens is 318 g/mol. The van der Waals surface area contributed by atoms with E-state index < -0.39 is 0 Å². The first-order valence-electron chi connectivity index (χ1n) is 7.77. The molecule has 2 heterocycles. The zero-order chi connectivity index (χ0) is 17.2. The summed E-state index contributed by atoms with van der Waals surface area (Å²) in [5.74, 6) is -0.159. The van der Waals surface area contributed by atoms with E-state index in [1.54, 1.807) is 18.5 Å². The van der Waals surface area contributed by atoms with Crippen LogP contribution in [0.5, 0.6) is 0 Å². The summed E-state index contributed by atoms with van der Waals surface area (Å²) in [6.07, 6.45) is 3.49. The molecule has 0 saturated carbocycles. The van der Waals surface area contributed by atoms with Crippen molar-refractivity contribution in [1.29, 1.82) is 0 Å². The van der Waals surface area contributed by atoms with E-state index in [1.165, 1.54) is 0 Å². The molecule has 0 bridgehead atoms. The minimum Gasteiger partial charge on any atom is -0.348 e. The largest absolute Gasteiger partial charge is 0.348 e. The van der Waals surface area contributed by atoms with E-state index in [0.717, 1.165) is 27.7 Å². The number of amides is 1. The van der Waals surface area contributed by atoms with Crippen LogP contribution in [-0.4, -0.2) is 26.1 Å². The fourth-order valence-electron chi connectivity index (χ4n) is 2.72. The van der Waals surface area contributed by atoms with E-state index in [9.17, 15) is 9.59 Å². The van der Waals surface area contributed by atoms with Gasteiger partial charge in [-0.25, -0.2) is 4.79 Å². The lowest BCUT2D eigenvalue weighted by Gasteiger charge is -2.07. The number of carbonyl (C=O) groups excluding carboxylic acids is 1. The summed E-state index contributed by atoms with van der Waals surface area (Å²) >= 11 is 0. The molecule has 0 unspecified atom stereocenters. The highest BCUT2D eigenvalue weighted by molar-refractivity contribution is 5.95. The summed E-state index contributed by atoms with van der Waals surface area (Å²) in [4.78, 5) is 29.1. The summed E-state index contributed by atoms with van der Waals surface area (Å²) in [5, 5.41) is 9.58. The molecule has 25 heavy (non-hydrogen) atoms. The number of H-pyrrole nitrogens is 3. The van der Waals surface area contributed by atoms with Gasteiger partial charge >= 0.3 is 5.69 Å². The van der Waals surface area contributed by atoms with Crippen molar-refractivity contribution < 1.29 is 4.79 Å². The lowest BCUT2D eigenvalue weighted by molar-refractivity contribution is 0.0951. The highest BCUT2D eigenvalue weighted by Crippen LogP contribution is 2.19. The van der Waals surface area contributed by atoms with Crippen molar-refractivity contribution in [1.82, 2.24) is 25.5 Å². The third-order valence-electron chi connectivity index (χ3n) is 3.99. The van der Waals surface area contributed by atoms with Gasteiger partial charge in [-0.2, -0.15) is 5.10 Å². The van der Waals surface area contributed by atoms with E-state index in [-0.39, 0.29) is 11.6 Å². The van der Waals surface area contributed by atoms with Gasteiger partial charge in [0.25, 0.3) is 5.91 Å². The molecular formula is C18H15N5O2. The van der Waals surface area contributed by atoms with Crippen molar-refractivity contribution in [2.24, 2.45) is 0 Å². The molecule has 1 amide bonds. The van der Waals surface area contributed by atoms with Gasteiger partial charge in [0.05, 0.1) is 17.2 Å². The standard InChI is InChI=1S/C18H15N5O2/c24-17(13-3-1-2-12(7-13)14-9-20-21-10-14)19-8-11-4-5-15-16(6-11)23-18(25)22-15/h1-7,9-10H,8H2,(H,19,24)(H,20,21)(H2,22,23,25). The summed E-state index contributed by atoms with van der Waals surface area (Å²) < 4.78 is 0. The molecule has 0 atom stereocenters. The van der Waals surface area contributed by atoms with Crippen LogP contribution >= 0.6 is 0 Å². The van der Waals surface area contributed by atoms with Crippen LogP contribution in [0.1, 0.15) is 15.9 Å². The van der Waals surface area contributed by atoms with Gasteiger partial charge in [-0.3, -0.25) is 9.89 Å². The number of aromatic nitrogens is 4. The van der Waals surface area contributed by atoms with Crippen molar-refractivity contribution in [2.45, 2.75) is 6.54 Å². The molecule has 7 nitrogen and oxygen atoms in total. The van der Waals surface area contributed by atoms with Crippen LogP contribution in [-0.2, 0) is 6.54 Å². The molecule has 2 aromatic heterocycles. The molecule has 0 fully saturated rings. The van der Waals surface area contributed by atoms with Gasteiger partial charge in [0.2, 0.25) is 0 Å². The third-order valence-corrected chi connectivity index (χ3v) is 3.99. The van der Waals surface area contributed by atoms with Gasteiger partial charge in [-0.05, 0) is 35.4 Å². The van der Waals surface area contributed by atoms with E-state index in [2.05, 4.69) is 25.5 Å². The summed E-state index contributed by atoms with van der Waals surface area (Å²) in [5.41, 5.74) is 4.56. The monoisotopic (exact) mass is 333 g/mol. The second-order valence-corrected chi connectivity index (χ2v) is 5.71. The van der Waals surface area contributed by atoms with Gasteiger partial charge in [0.1, 0.15) is 0 Å². The van der Waals surface area contributed by atoms with Gasteiger partial charge in [-0.1, -0.05) is 18.2 Å². The molecule has 0 aliphatic rings. The summed E-state index contributed by atoms with van der Waals surface area (Å²) in [6.45, 7) is 0.373. The second kappa shape index (κ2) is 6.12. The van der Waals surface area contributed by atoms with E-state index in [4.69, 9.17) is 0 Å². The number of fused-ring (bicyclic) bond motifs is 1. The Balaban J connectivity index is 1.49. The number of rotatable bonds is 4. The molecule has 4 N–H and O–H groups in total. The molecule has 2 aromatic carbocycles. The summed E-state index contributed by atoms with van der Waals surface area (Å²) in [7, 11) is 0. The Morgan fingerprint density at radius 1 is 1.04 bits per heavy atom. The average molecular weight is 333 g/mol. The molecule has 4 rings (SSSR count). The number of nitrogens with zero attached hydrogens (tertiary/aromatic N) is 1. The lowest BCUT2D eigenvalue weighted by atomic mass is 10.1. The second-order valence-electron chi connectivity index (χ2n) is 5.71. The fourth-order valence-corrected chi connectivity index (χ4v) is 2.72. The van der Waals surface area contributed by atoms with E-state index in [1.807, 2.05) is 36.4 Å². The first-order valence-corrected chi connectivity index (χ1v) is 7.77. The zero-order valence-electron chi connectivity index (χ0n) is 13.2. The van der Waals surface area contributed by atoms with E-state index >= 15 is 0 Å². The van der Waals surface area contributed by atoms with Crippen LogP contribution in [0.25, 0.3) is 22.2 Å². The fraction of sp³-hybridized carbons (Fsp3) is 0.0556. The predicted molar refractivity (Wildman–Crippen MR) is 94.1 cm³/mol. The van der Waals surface area contributed by atoms with Crippen molar-refractivity contribution in [3.8, 4) is 11.1 Å². The zero-order valence-corrected chi connectivity index (χ0v) is 13.2. The van der Waals surface area contributed by atoms with Crippen LogP contribution in [0.3, 0.4) is 0 Å². The predicted octanol–water partition coefficient (Wildman–Crippen LogP) is 2.18. The minimum atomic E-state index is -0.243. The van der Waals surface area contributed by atoms with Gasteiger partial charge < -0.3 is 15.3 Å². The molecule has 124 valence electrons. The maximum Gasteiger partial charge on any atom is 0.323 e. The van der Waals surface area contributed by atoms with Gasteiger partial charge in [-0.15, -0.1) is 0 Å². The molecule has 0 aliphatic carbocycles. The van der Waals surface area contributed by atoms with Gasteiger partial charge in [0.15, 0.2) is 0 Å². The Morgan fingerprint density at radius 2 is 1.92 bits per heavy atom. The van der Waals surface area contributed by atoms with Crippen LogP contribution < -0.4 is 11.0 Å². The topological polar surface area (TPSA) is 106 Å². The number of benzene rings is 2. The Labute approximate surface area is 142 Å². The van der Waals surface area contributed by atoms with Crippen LogP contribution in [0.2, 0.25) is 0 Å². The van der Waals surface area contributed by atoms with Crippen molar-refractivity contribution in [2.75, 3.05) is 0 Å². The Bertz CT molecular complexity index is 1090. The quantitative estimate of drug-likeness (QED) is 0.460. The van der Waals surface area contributed by atoms with Crippen LogP contribution in [0.4, 0.5) is 0 Å².